The van der Waals surface area contributed by atoms with E-state index in [1.807, 2.05) is 28.8 Å². The summed E-state index contributed by atoms with van der Waals surface area (Å²) >= 11 is 0. The summed E-state index contributed by atoms with van der Waals surface area (Å²) in [7, 11) is 0. The zero-order chi connectivity index (χ0) is 19.5. The minimum absolute atomic E-state index is 0.0707. The van der Waals surface area contributed by atoms with Crippen LogP contribution in [0.1, 0.15) is 44.6 Å². The van der Waals surface area contributed by atoms with Gasteiger partial charge in [0.1, 0.15) is 11.6 Å². The predicted octanol–water partition coefficient (Wildman–Crippen LogP) is 3.45. The third-order valence-electron chi connectivity index (χ3n) is 5.22. The number of nitrogens with zero attached hydrogens (tertiary/aromatic N) is 4. The molecule has 0 unspecified atom stereocenters. The SMILES string of the molecule is CCCn1c(Oc2cccc(CCO)c2)nc(=O)c2c1N=C(C1CCCC1)[N]2. The van der Waals surface area contributed by atoms with Crippen LogP contribution in [-0.2, 0) is 13.0 Å². The van der Waals surface area contributed by atoms with E-state index in [1.165, 1.54) is 12.8 Å². The van der Waals surface area contributed by atoms with Crippen LogP contribution >= 0.6 is 0 Å². The van der Waals surface area contributed by atoms with Gasteiger partial charge in [-0.3, -0.25) is 9.36 Å². The summed E-state index contributed by atoms with van der Waals surface area (Å²) in [5, 5.41) is 13.7. The van der Waals surface area contributed by atoms with Crippen LogP contribution in [0, 0.1) is 5.92 Å². The van der Waals surface area contributed by atoms with E-state index >= 15 is 0 Å². The smallest absolute Gasteiger partial charge is 0.307 e. The number of benzene rings is 1. The molecule has 2 aromatic rings. The van der Waals surface area contributed by atoms with Gasteiger partial charge in [0.2, 0.25) is 0 Å². The van der Waals surface area contributed by atoms with Gasteiger partial charge in [-0.2, -0.15) is 4.98 Å². The van der Waals surface area contributed by atoms with Gasteiger partial charge in [-0.25, -0.2) is 10.3 Å². The Balaban J connectivity index is 1.70. The van der Waals surface area contributed by atoms with Gasteiger partial charge in [0.15, 0.2) is 11.5 Å². The number of hydrogen-bond donors (Lipinski definition) is 1. The first-order chi connectivity index (χ1) is 13.7. The topological polar surface area (TPSA) is 90.8 Å². The summed E-state index contributed by atoms with van der Waals surface area (Å²) in [6.07, 6.45) is 5.92. The lowest BCUT2D eigenvalue weighted by Crippen LogP contribution is -2.21. The third-order valence-corrected chi connectivity index (χ3v) is 5.22. The molecule has 2 heterocycles. The van der Waals surface area contributed by atoms with Gasteiger partial charge in [-0.1, -0.05) is 31.9 Å². The van der Waals surface area contributed by atoms with E-state index in [1.54, 1.807) is 0 Å². The van der Waals surface area contributed by atoms with E-state index in [9.17, 15) is 4.79 Å². The fraction of sp³-hybridized carbons (Fsp3) is 0.476. The maximum Gasteiger partial charge on any atom is 0.307 e. The molecule has 0 amide bonds. The quantitative estimate of drug-likeness (QED) is 0.795. The highest BCUT2D eigenvalue weighted by atomic mass is 16.5. The lowest BCUT2D eigenvalue weighted by molar-refractivity contribution is 0.299. The van der Waals surface area contributed by atoms with Crippen LogP contribution < -0.4 is 15.6 Å². The molecule has 1 fully saturated rings. The number of rotatable bonds is 7. The Hall–Kier alpha value is -2.67. The number of aliphatic hydroxyl groups excluding tert-OH is 1. The first-order valence-corrected chi connectivity index (χ1v) is 10.0. The normalized spacial score (nSPS) is 16.0. The zero-order valence-corrected chi connectivity index (χ0v) is 16.1. The van der Waals surface area contributed by atoms with E-state index in [2.05, 4.69) is 17.2 Å². The minimum Gasteiger partial charge on any atom is -0.425 e. The molecule has 1 radical (unpaired) electrons. The number of aromatic nitrogens is 2. The van der Waals surface area contributed by atoms with Gasteiger partial charge in [0.05, 0.1) is 0 Å². The van der Waals surface area contributed by atoms with Crippen molar-refractivity contribution in [3.8, 4) is 11.8 Å². The van der Waals surface area contributed by atoms with Crippen molar-refractivity contribution in [2.75, 3.05) is 6.61 Å². The van der Waals surface area contributed by atoms with Gasteiger partial charge in [0.25, 0.3) is 0 Å². The summed E-state index contributed by atoms with van der Waals surface area (Å²) in [5.41, 5.74) is 0.888. The second-order valence-electron chi connectivity index (χ2n) is 7.31. The Morgan fingerprint density at radius 2 is 2.11 bits per heavy atom. The van der Waals surface area contributed by atoms with Crippen LogP contribution in [0.25, 0.3) is 0 Å². The number of hydrogen-bond acceptors (Lipinski definition) is 5. The fourth-order valence-corrected chi connectivity index (χ4v) is 3.84. The second kappa shape index (κ2) is 8.14. The third kappa shape index (κ3) is 3.67. The number of amidine groups is 1. The van der Waals surface area contributed by atoms with Gasteiger partial charge >= 0.3 is 11.6 Å². The number of ether oxygens (including phenoxy) is 1. The number of fused-ring (bicyclic) bond motifs is 1. The van der Waals surface area contributed by atoms with E-state index in [4.69, 9.17) is 14.8 Å². The maximum absolute atomic E-state index is 12.6. The molecule has 4 rings (SSSR count). The van der Waals surface area contributed by atoms with Gasteiger partial charge in [-0.15, -0.1) is 0 Å². The van der Waals surface area contributed by atoms with Crippen LogP contribution in [0.5, 0.6) is 11.8 Å². The lowest BCUT2D eigenvalue weighted by Gasteiger charge is -2.14. The molecule has 1 aliphatic carbocycles. The molecular formula is C21H25N4O3. The average molecular weight is 381 g/mol. The van der Waals surface area contributed by atoms with Crippen molar-refractivity contribution in [1.82, 2.24) is 14.9 Å². The standard InChI is InChI=1S/C21H25N4O3/c1-2-11-25-19-17(22-18(23-19)15-7-3-4-8-15)20(27)24-21(25)28-16-9-5-6-14(13-16)10-12-26/h5-6,9,13,15,26H,2-4,7-8,10-12H2,1H3. The molecule has 0 bridgehead atoms. The first-order valence-electron chi connectivity index (χ1n) is 10.0. The highest BCUT2D eigenvalue weighted by Gasteiger charge is 2.31. The first kappa shape index (κ1) is 18.7. The molecule has 0 atom stereocenters. The van der Waals surface area contributed by atoms with Crippen LogP contribution in [0.15, 0.2) is 34.1 Å². The predicted molar refractivity (Wildman–Crippen MR) is 107 cm³/mol. The number of aliphatic imine (C=N–C) groups is 1. The Kier molecular flexibility index (Phi) is 5.43. The Labute approximate surface area is 164 Å². The summed E-state index contributed by atoms with van der Waals surface area (Å²) in [6, 6.07) is 7.69. The van der Waals surface area contributed by atoms with Crippen molar-refractivity contribution in [3.05, 3.63) is 40.2 Å². The molecule has 2 aliphatic rings. The molecule has 1 saturated carbocycles. The Morgan fingerprint density at radius 3 is 2.86 bits per heavy atom. The average Bonchev–Trinajstić information content (AvgIpc) is 3.35. The molecule has 147 valence electrons. The molecular weight excluding hydrogens is 356 g/mol. The van der Waals surface area contributed by atoms with Gasteiger partial charge in [0, 0.05) is 19.1 Å². The van der Waals surface area contributed by atoms with E-state index in [0.29, 0.717) is 36.1 Å². The molecule has 1 aromatic heterocycles. The van der Waals surface area contributed by atoms with Crippen molar-refractivity contribution in [2.45, 2.75) is 52.0 Å². The monoisotopic (exact) mass is 381 g/mol. The lowest BCUT2D eigenvalue weighted by atomic mass is 10.1. The zero-order valence-electron chi connectivity index (χ0n) is 16.1. The van der Waals surface area contributed by atoms with Gasteiger partial charge < -0.3 is 9.84 Å². The largest absolute Gasteiger partial charge is 0.425 e. The van der Waals surface area contributed by atoms with Crippen molar-refractivity contribution in [2.24, 2.45) is 10.9 Å². The van der Waals surface area contributed by atoms with E-state index in [0.717, 1.165) is 30.7 Å². The summed E-state index contributed by atoms with van der Waals surface area (Å²) < 4.78 is 7.82. The summed E-state index contributed by atoms with van der Waals surface area (Å²) in [5.74, 6) is 2.24. The van der Waals surface area contributed by atoms with E-state index < -0.39 is 5.56 Å². The van der Waals surface area contributed by atoms with Gasteiger partial charge in [-0.05, 0) is 43.4 Å². The van der Waals surface area contributed by atoms with Crippen LogP contribution in [0.4, 0.5) is 11.5 Å². The van der Waals surface area contributed by atoms with Crippen LogP contribution in [0.3, 0.4) is 0 Å². The van der Waals surface area contributed by atoms with Crippen molar-refractivity contribution in [3.63, 3.8) is 0 Å². The summed E-state index contributed by atoms with van der Waals surface area (Å²) in [6.45, 7) is 2.77. The molecule has 28 heavy (non-hydrogen) atoms. The molecule has 7 heteroatoms. The highest BCUT2D eigenvalue weighted by molar-refractivity contribution is 5.96. The van der Waals surface area contributed by atoms with E-state index in [-0.39, 0.29) is 12.6 Å². The molecule has 0 saturated heterocycles. The second-order valence-corrected chi connectivity index (χ2v) is 7.31. The Morgan fingerprint density at radius 1 is 1.29 bits per heavy atom. The molecule has 1 aromatic carbocycles. The Bertz CT molecular complexity index is 945. The van der Waals surface area contributed by atoms with Crippen LogP contribution in [-0.4, -0.2) is 27.1 Å². The number of aliphatic hydroxyl groups is 1. The molecule has 0 spiro atoms. The highest BCUT2D eigenvalue weighted by Crippen LogP contribution is 2.36. The summed E-state index contributed by atoms with van der Waals surface area (Å²) in [4.78, 5) is 21.5. The fourth-order valence-electron chi connectivity index (χ4n) is 3.84. The van der Waals surface area contributed by atoms with Crippen molar-refractivity contribution >= 4 is 17.3 Å². The molecule has 7 nitrogen and oxygen atoms in total. The molecule has 1 aliphatic heterocycles. The minimum atomic E-state index is -0.402. The van der Waals surface area contributed by atoms with Crippen molar-refractivity contribution < 1.29 is 9.84 Å². The molecule has 1 N–H and O–H groups in total. The van der Waals surface area contributed by atoms with Crippen LogP contribution in [0.2, 0.25) is 0 Å². The maximum atomic E-state index is 12.6. The van der Waals surface area contributed by atoms with Crippen molar-refractivity contribution in [1.29, 1.82) is 0 Å².